The monoisotopic (exact) mass is 609 g/mol. The summed E-state index contributed by atoms with van der Waals surface area (Å²) in [6, 6.07) is 20.0. The Morgan fingerprint density at radius 3 is 2.38 bits per heavy atom. The minimum absolute atomic E-state index is 0.139. The number of ether oxygens (including phenoxy) is 3. The summed E-state index contributed by atoms with van der Waals surface area (Å²) >= 11 is 3.62. The van der Waals surface area contributed by atoms with E-state index in [1.54, 1.807) is 51.1 Å². The lowest BCUT2D eigenvalue weighted by molar-refractivity contribution is -0.156. The molecule has 2 atom stereocenters. The van der Waals surface area contributed by atoms with Crippen LogP contribution < -0.4 is 10.2 Å². The Hall–Kier alpha value is -3.85. The van der Waals surface area contributed by atoms with Crippen molar-refractivity contribution in [3.63, 3.8) is 0 Å². The minimum atomic E-state index is -0.841. The van der Waals surface area contributed by atoms with E-state index in [1.165, 1.54) is 0 Å². The second-order valence-corrected chi connectivity index (χ2v) is 11.4. The number of nitrogens with one attached hydrogen (secondary N) is 1. The zero-order chi connectivity index (χ0) is 28.9. The van der Waals surface area contributed by atoms with Gasteiger partial charge in [-0.05, 0) is 74.9 Å². The number of amides is 1. The summed E-state index contributed by atoms with van der Waals surface area (Å²) in [6.07, 6.45) is 0.268. The van der Waals surface area contributed by atoms with Crippen molar-refractivity contribution in [3.05, 3.63) is 93.5 Å². The average Bonchev–Trinajstić information content (AvgIpc) is 2.92. The van der Waals surface area contributed by atoms with Crippen LogP contribution in [0.1, 0.15) is 67.1 Å². The van der Waals surface area contributed by atoms with Crippen LogP contribution in [0.4, 0.5) is 4.79 Å². The van der Waals surface area contributed by atoms with Gasteiger partial charge in [0.05, 0.1) is 5.92 Å². The molecule has 0 bridgehead atoms. The van der Waals surface area contributed by atoms with Crippen LogP contribution in [-0.2, 0) is 32.1 Å². The summed E-state index contributed by atoms with van der Waals surface area (Å²) in [7, 11) is 0. The lowest BCUT2D eigenvalue weighted by Crippen LogP contribution is -2.37. The molecule has 0 aromatic heterocycles. The molecule has 4 rings (SSSR count). The lowest BCUT2D eigenvalue weighted by Gasteiger charge is -2.31. The van der Waals surface area contributed by atoms with Gasteiger partial charge in [0.15, 0.2) is 0 Å². The van der Waals surface area contributed by atoms with Gasteiger partial charge in [0.1, 0.15) is 29.3 Å². The SMILES string of the molecule is CC1c2c(Oc3ccccc3C(=O)OCc3ccccc3)ccc(Br)c2CC[C@@H]1C(=O)ONC(=O)OC(C)(C)C. The molecule has 0 radical (unpaired) electrons. The third-order valence-electron chi connectivity index (χ3n) is 6.50. The Morgan fingerprint density at radius 2 is 1.65 bits per heavy atom. The third kappa shape index (κ3) is 7.21. The predicted octanol–water partition coefficient (Wildman–Crippen LogP) is 7.25. The van der Waals surface area contributed by atoms with Crippen LogP contribution in [0.5, 0.6) is 11.5 Å². The maximum Gasteiger partial charge on any atom is 0.441 e. The number of halogens is 1. The van der Waals surface area contributed by atoms with E-state index in [9.17, 15) is 14.4 Å². The van der Waals surface area contributed by atoms with Gasteiger partial charge in [-0.25, -0.2) is 14.4 Å². The van der Waals surface area contributed by atoms with E-state index in [2.05, 4.69) is 21.4 Å². The molecule has 40 heavy (non-hydrogen) atoms. The molecular formula is C31H32BrNO7. The molecule has 0 saturated carbocycles. The third-order valence-corrected chi connectivity index (χ3v) is 7.24. The molecule has 0 saturated heterocycles. The molecule has 1 aliphatic rings. The maximum absolute atomic E-state index is 13.0. The van der Waals surface area contributed by atoms with Crippen LogP contribution in [0, 0.1) is 5.92 Å². The van der Waals surface area contributed by atoms with E-state index < -0.39 is 29.6 Å². The van der Waals surface area contributed by atoms with Crippen molar-refractivity contribution >= 4 is 34.0 Å². The lowest BCUT2D eigenvalue weighted by atomic mass is 9.75. The Balaban J connectivity index is 1.52. The Bertz CT molecular complexity index is 1380. The molecule has 0 heterocycles. The molecule has 1 amide bonds. The molecule has 8 nitrogen and oxygen atoms in total. The van der Waals surface area contributed by atoms with Crippen molar-refractivity contribution in [1.82, 2.24) is 5.48 Å². The van der Waals surface area contributed by atoms with Gasteiger partial charge in [0.25, 0.3) is 0 Å². The van der Waals surface area contributed by atoms with E-state index in [-0.39, 0.29) is 18.1 Å². The minimum Gasteiger partial charge on any atom is -0.457 e. The standard InChI is InChI=1S/C31H32BrNO7/c1-19-21(29(35)40-33-30(36)39-31(2,3)4)14-15-22-24(32)16-17-26(27(19)22)38-25-13-9-8-12-23(25)28(34)37-18-20-10-6-5-7-11-20/h5-13,16-17,19,21H,14-15,18H2,1-4H3,(H,33,36)/t19?,21-/m0/s1. The molecule has 0 aliphatic heterocycles. The highest BCUT2D eigenvalue weighted by atomic mass is 79.9. The van der Waals surface area contributed by atoms with Gasteiger partial charge in [-0.15, -0.1) is 5.48 Å². The molecule has 3 aromatic rings. The zero-order valence-electron chi connectivity index (χ0n) is 22.9. The first kappa shape index (κ1) is 29.1. The first-order chi connectivity index (χ1) is 19.0. The topological polar surface area (TPSA) is 100 Å². The number of benzene rings is 3. The summed E-state index contributed by atoms with van der Waals surface area (Å²) in [5.74, 6) is -1.06. The Kier molecular flexibility index (Phi) is 9.14. The molecular weight excluding hydrogens is 578 g/mol. The van der Waals surface area contributed by atoms with Gasteiger partial charge in [-0.3, -0.25) is 0 Å². The Morgan fingerprint density at radius 1 is 0.950 bits per heavy atom. The molecule has 1 aliphatic carbocycles. The Labute approximate surface area is 242 Å². The van der Waals surface area contributed by atoms with Crippen molar-refractivity contribution in [3.8, 4) is 11.5 Å². The summed E-state index contributed by atoms with van der Waals surface area (Å²) in [4.78, 5) is 43.0. The fourth-order valence-electron chi connectivity index (χ4n) is 4.64. The first-order valence-electron chi connectivity index (χ1n) is 13.0. The molecule has 0 fully saturated rings. The van der Waals surface area contributed by atoms with Crippen LogP contribution in [0.15, 0.2) is 71.2 Å². The number of para-hydroxylation sites is 1. The summed E-state index contributed by atoms with van der Waals surface area (Å²) < 4.78 is 17.9. The quantitative estimate of drug-likeness (QED) is 0.178. The van der Waals surface area contributed by atoms with Crippen LogP contribution in [0.25, 0.3) is 0 Å². The number of esters is 1. The van der Waals surface area contributed by atoms with Crippen LogP contribution in [-0.4, -0.2) is 23.6 Å². The number of fused-ring (bicyclic) bond motifs is 1. The molecule has 9 heteroatoms. The molecule has 1 unspecified atom stereocenters. The van der Waals surface area contributed by atoms with Crippen molar-refractivity contribution in [1.29, 1.82) is 0 Å². The van der Waals surface area contributed by atoms with E-state index in [4.69, 9.17) is 19.0 Å². The number of hydrogen-bond donors (Lipinski definition) is 1. The largest absolute Gasteiger partial charge is 0.457 e. The molecule has 1 N–H and O–H groups in total. The number of hydrogen-bond acceptors (Lipinski definition) is 7. The second-order valence-electron chi connectivity index (χ2n) is 10.6. The number of hydroxylamine groups is 1. The number of carbonyl (C=O) groups excluding carboxylic acids is 3. The highest BCUT2D eigenvalue weighted by molar-refractivity contribution is 9.10. The average molecular weight is 611 g/mol. The second kappa shape index (κ2) is 12.6. The van der Waals surface area contributed by atoms with Gasteiger partial charge in [0, 0.05) is 10.0 Å². The van der Waals surface area contributed by atoms with E-state index in [1.807, 2.05) is 43.3 Å². The van der Waals surface area contributed by atoms with Crippen LogP contribution in [0.3, 0.4) is 0 Å². The van der Waals surface area contributed by atoms with Crippen LogP contribution in [0.2, 0.25) is 0 Å². The molecule has 0 spiro atoms. The first-order valence-corrected chi connectivity index (χ1v) is 13.8. The number of carbonyl (C=O) groups is 3. The summed E-state index contributed by atoms with van der Waals surface area (Å²) in [5.41, 5.74) is 4.37. The summed E-state index contributed by atoms with van der Waals surface area (Å²) in [5, 5.41) is 0. The smallest absolute Gasteiger partial charge is 0.441 e. The van der Waals surface area contributed by atoms with Gasteiger partial charge in [0.2, 0.25) is 0 Å². The van der Waals surface area contributed by atoms with Crippen molar-refractivity contribution in [2.75, 3.05) is 0 Å². The maximum atomic E-state index is 13.0. The molecule has 3 aromatic carbocycles. The summed E-state index contributed by atoms with van der Waals surface area (Å²) in [6.45, 7) is 7.20. The van der Waals surface area contributed by atoms with Crippen LogP contribution >= 0.6 is 15.9 Å². The fraction of sp³-hybridized carbons (Fsp3) is 0.323. The van der Waals surface area contributed by atoms with E-state index in [0.29, 0.717) is 24.3 Å². The van der Waals surface area contributed by atoms with Gasteiger partial charge < -0.3 is 19.0 Å². The van der Waals surface area contributed by atoms with Gasteiger partial charge in [-0.2, -0.15) is 0 Å². The highest BCUT2D eigenvalue weighted by Crippen LogP contribution is 2.45. The normalized spacial score (nSPS) is 16.3. The van der Waals surface area contributed by atoms with Crippen molar-refractivity contribution in [2.24, 2.45) is 5.92 Å². The predicted molar refractivity (Wildman–Crippen MR) is 152 cm³/mol. The van der Waals surface area contributed by atoms with E-state index >= 15 is 0 Å². The van der Waals surface area contributed by atoms with E-state index in [0.717, 1.165) is 21.2 Å². The van der Waals surface area contributed by atoms with Gasteiger partial charge in [-0.1, -0.05) is 65.3 Å². The van der Waals surface area contributed by atoms with Gasteiger partial charge >= 0.3 is 18.0 Å². The molecule has 210 valence electrons. The van der Waals surface area contributed by atoms with Crippen molar-refractivity contribution < 1.29 is 33.4 Å². The fourth-order valence-corrected chi connectivity index (χ4v) is 5.19. The zero-order valence-corrected chi connectivity index (χ0v) is 24.4. The van der Waals surface area contributed by atoms with Crippen molar-refractivity contribution in [2.45, 2.75) is 58.7 Å². The number of rotatable bonds is 6. The highest BCUT2D eigenvalue weighted by Gasteiger charge is 2.37.